The smallest absolute Gasteiger partial charge is 0.317 e. The molecule has 2 aliphatic rings. The highest BCUT2D eigenvalue weighted by Crippen LogP contribution is 2.28. The van der Waals surface area contributed by atoms with Gasteiger partial charge in [0.25, 0.3) is 0 Å². The minimum Gasteiger partial charge on any atom is -0.396 e. The standard InChI is InChI=1S/C13H24N2O2S/c16-8-2-1-7-15(11-5-6-11)13(17)14-10-12-4-3-9-18-12/h11-12,16H,1-10H2,(H,14,17). The van der Waals surface area contributed by atoms with Crippen molar-refractivity contribution in [2.75, 3.05) is 25.4 Å². The number of nitrogens with zero attached hydrogens (tertiary/aromatic N) is 1. The highest BCUT2D eigenvalue weighted by atomic mass is 32.2. The highest BCUT2D eigenvalue weighted by molar-refractivity contribution is 8.00. The lowest BCUT2D eigenvalue weighted by Gasteiger charge is -2.23. The highest BCUT2D eigenvalue weighted by Gasteiger charge is 2.32. The largest absolute Gasteiger partial charge is 0.396 e. The van der Waals surface area contributed by atoms with Gasteiger partial charge in [-0.3, -0.25) is 0 Å². The van der Waals surface area contributed by atoms with Gasteiger partial charge in [0.2, 0.25) is 0 Å². The SMILES string of the molecule is O=C(NCC1CCCS1)N(CCCCO)C1CC1. The number of aliphatic hydroxyl groups excluding tert-OH is 1. The number of urea groups is 1. The fourth-order valence-electron chi connectivity index (χ4n) is 2.34. The van der Waals surface area contributed by atoms with Crippen LogP contribution in [-0.2, 0) is 0 Å². The van der Waals surface area contributed by atoms with Gasteiger partial charge >= 0.3 is 6.03 Å². The molecule has 0 spiro atoms. The summed E-state index contributed by atoms with van der Waals surface area (Å²) in [4.78, 5) is 14.1. The van der Waals surface area contributed by atoms with E-state index in [1.54, 1.807) is 0 Å². The Morgan fingerprint density at radius 1 is 1.33 bits per heavy atom. The lowest BCUT2D eigenvalue weighted by Crippen LogP contribution is -2.43. The summed E-state index contributed by atoms with van der Waals surface area (Å²) in [5, 5.41) is 12.5. The van der Waals surface area contributed by atoms with Gasteiger partial charge in [0.05, 0.1) is 0 Å². The van der Waals surface area contributed by atoms with Crippen LogP contribution in [0.25, 0.3) is 0 Å². The molecular weight excluding hydrogens is 248 g/mol. The van der Waals surface area contributed by atoms with Crippen molar-refractivity contribution in [3.63, 3.8) is 0 Å². The minimum absolute atomic E-state index is 0.0999. The quantitative estimate of drug-likeness (QED) is 0.695. The Labute approximate surface area is 113 Å². The molecule has 0 aromatic rings. The van der Waals surface area contributed by atoms with Gasteiger partial charge in [-0.25, -0.2) is 4.79 Å². The van der Waals surface area contributed by atoms with E-state index in [1.165, 1.54) is 18.6 Å². The number of carbonyl (C=O) groups is 1. The molecule has 4 nitrogen and oxygen atoms in total. The monoisotopic (exact) mass is 272 g/mol. The first-order valence-electron chi connectivity index (χ1n) is 7.08. The number of rotatable bonds is 7. The maximum absolute atomic E-state index is 12.1. The molecule has 18 heavy (non-hydrogen) atoms. The van der Waals surface area contributed by atoms with Crippen molar-refractivity contribution in [3.05, 3.63) is 0 Å². The fourth-order valence-corrected chi connectivity index (χ4v) is 3.54. The molecule has 0 radical (unpaired) electrons. The van der Waals surface area contributed by atoms with E-state index in [-0.39, 0.29) is 12.6 Å². The third-order valence-corrected chi connectivity index (χ3v) is 4.96. The Hall–Kier alpha value is -0.420. The lowest BCUT2D eigenvalue weighted by atomic mass is 10.2. The van der Waals surface area contributed by atoms with E-state index in [0.29, 0.717) is 11.3 Å². The summed E-state index contributed by atoms with van der Waals surface area (Å²) in [5.74, 6) is 1.24. The summed E-state index contributed by atoms with van der Waals surface area (Å²) < 4.78 is 0. The second-order valence-electron chi connectivity index (χ2n) is 5.18. The van der Waals surface area contributed by atoms with Crippen LogP contribution in [0.2, 0.25) is 0 Å². The molecule has 1 saturated heterocycles. The Bertz CT molecular complexity index is 266. The second kappa shape index (κ2) is 7.24. The fraction of sp³-hybridized carbons (Fsp3) is 0.923. The van der Waals surface area contributed by atoms with Gasteiger partial charge in [0, 0.05) is 31.0 Å². The molecule has 104 valence electrons. The molecule has 1 aliphatic heterocycles. The first kappa shape index (κ1) is 14.0. The van der Waals surface area contributed by atoms with Gasteiger partial charge in [-0.05, 0) is 44.3 Å². The number of thioether (sulfide) groups is 1. The van der Waals surface area contributed by atoms with E-state index in [1.807, 2.05) is 16.7 Å². The van der Waals surface area contributed by atoms with Crippen LogP contribution in [-0.4, -0.2) is 52.8 Å². The van der Waals surface area contributed by atoms with Gasteiger partial charge in [-0.15, -0.1) is 0 Å². The van der Waals surface area contributed by atoms with Gasteiger partial charge in [0.15, 0.2) is 0 Å². The zero-order valence-electron chi connectivity index (χ0n) is 10.9. The Morgan fingerprint density at radius 3 is 2.78 bits per heavy atom. The number of nitrogens with one attached hydrogen (secondary N) is 1. The lowest BCUT2D eigenvalue weighted by molar-refractivity contribution is 0.190. The van der Waals surface area contributed by atoms with E-state index in [0.717, 1.165) is 38.8 Å². The predicted molar refractivity (Wildman–Crippen MR) is 74.9 cm³/mol. The van der Waals surface area contributed by atoms with Crippen molar-refractivity contribution in [1.82, 2.24) is 10.2 Å². The second-order valence-corrected chi connectivity index (χ2v) is 6.58. The predicted octanol–water partition coefficient (Wildman–Crippen LogP) is 1.83. The molecular formula is C13H24N2O2S. The molecule has 2 rings (SSSR count). The summed E-state index contributed by atoms with van der Waals surface area (Å²) in [6.07, 6.45) is 6.50. The molecule has 2 N–H and O–H groups in total. The minimum atomic E-state index is 0.0999. The number of aliphatic hydroxyl groups is 1. The third kappa shape index (κ3) is 4.35. The van der Waals surface area contributed by atoms with Crippen LogP contribution in [0.5, 0.6) is 0 Å². The van der Waals surface area contributed by atoms with E-state index < -0.39 is 0 Å². The average Bonchev–Trinajstić information content (AvgIpc) is 3.07. The molecule has 5 heteroatoms. The van der Waals surface area contributed by atoms with Gasteiger partial charge < -0.3 is 15.3 Å². The van der Waals surface area contributed by atoms with Crippen LogP contribution in [0.3, 0.4) is 0 Å². The van der Waals surface area contributed by atoms with Crippen LogP contribution in [0.1, 0.15) is 38.5 Å². The van der Waals surface area contributed by atoms with Crippen molar-refractivity contribution in [3.8, 4) is 0 Å². The van der Waals surface area contributed by atoms with E-state index in [2.05, 4.69) is 5.32 Å². The summed E-state index contributed by atoms with van der Waals surface area (Å²) in [6.45, 7) is 1.82. The molecule has 0 aromatic carbocycles. The molecule has 0 aromatic heterocycles. The van der Waals surface area contributed by atoms with Crippen LogP contribution in [0, 0.1) is 0 Å². The van der Waals surface area contributed by atoms with E-state index >= 15 is 0 Å². The molecule has 2 fully saturated rings. The first-order valence-corrected chi connectivity index (χ1v) is 8.13. The molecule has 1 atom stereocenters. The van der Waals surface area contributed by atoms with Crippen molar-refractivity contribution >= 4 is 17.8 Å². The van der Waals surface area contributed by atoms with E-state index in [4.69, 9.17) is 5.11 Å². The summed E-state index contributed by atoms with van der Waals surface area (Å²) >= 11 is 1.98. The maximum atomic E-state index is 12.1. The first-order chi connectivity index (χ1) is 8.81. The molecule has 1 unspecified atom stereocenters. The topological polar surface area (TPSA) is 52.6 Å². The van der Waals surface area contributed by atoms with Crippen molar-refractivity contribution in [2.45, 2.75) is 49.8 Å². The van der Waals surface area contributed by atoms with Crippen molar-refractivity contribution in [1.29, 1.82) is 0 Å². The Morgan fingerprint density at radius 2 is 2.17 bits per heavy atom. The van der Waals surface area contributed by atoms with Gasteiger partial charge in [0.1, 0.15) is 0 Å². The number of unbranched alkanes of at least 4 members (excludes halogenated alkanes) is 1. The maximum Gasteiger partial charge on any atom is 0.317 e. The van der Waals surface area contributed by atoms with Crippen LogP contribution in [0.4, 0.5) is 4.79 Å². The summed E-state index contributed by atoms with van der Waals surface area (Å²) in [5.41, 5.74) is 0. The number of hydrogen-bond acceptors (Lipinski definition) is 3. The molecule has 0 bridgehead atoms. The summed E-state index contributed by atoms with van der Waals surface area (Å²) in [7, 11) is 0. The van der Waals surface area contributed by atoms with Crippen LogP contribution < -0.4 is 5.32 Å². The van der Waals surface area contributed by atoms with E-state index in [9.17, 15) is 4.79 Å². The number of hydrogen-bond donors (Lipinski definition) is 2. The zero-order chi connectivity index (χ0) is 12.8. The van der Waals surface area contributed by atoms with Crippen molar-refractivity contribution in [2.24, 2.45) is 0 Å². The van der Waals surface area contributed by atoms with Crippen molar-refractivity contribution < 1.29 is 9.90 Å². The number of amides is 2. The Kier molecular flexibility index (Phi) is 5.63. The molecule has 1 aliphatic carbocycles. The molecule has 2 amide bonds. The third-order valence-electron chi connectivity index (χ3n) is 3.56. The molecule has 1 heterocycles. The molecule has 1 saturated carbocycles. The number of carbonyl (C=O) groups excluding carboxylic acids is 1. The zero-order valence-corrected chi connectivity index (χ0v) is 11.8. The van der Waals surface area contributed by atoms with Crippen LogP contribution >= 0.6 is 11.8 Å². The summed E-state index contributed by atoms with van der Waals surface area (Å²) in [6, 6.07) is 0.558. The Balaban J connectivity index is 1.69. The normalized spacial score (nSPS) is 23.1. The van der Waals surface area contributed by atoms with Crippen LogP contribution in [0.15, 0.2) is 0 Å². The van der Waals surface area contributed by atoms with Gasteiger partial charge in [-0.1, -0.05) is 0 Å². The average molecular weight is 272 g/mol. The van der Waals surface area contributed by atoms with Gasteiger partial charge in [-0.2, -0.15) is 11.8 Å².